The summed E-state index contributed by atoms with van der Waals surface area (Å²) in [6.07, 6.45) is 0.834. The normalized spacial score (nSPS) is 7.73. The molecule has 0 aromatic heterocycles. The summed E-state index contributed by atoms with van der Waals surface area (Å²) in [5.74, 6) is 5.55. The van der Waals surface area contributed by atoms with E-state index < -0.39 is 0 Å². The van der Waals surface area contributed by atoms with Gasteiger partial charge >= 0.3 is 0 Å². The van der Waals surface area contributed by atoms with Gasteiger partial charge in [-0.3, -0.25) is 5.41 Å². The standard InChI is InChI=1S/C4H11N3OS.2BrH/c5-4(6)9-3-1-2-8-7;;/h1-3,7H2,(H3,5,6);2*1H. The molecule has 0 spiro atoms. The molecule has 0 aliphatic carbocycles. The van der Waals surface area contributed by atoms with E-state index in [0.717, 1.165) is 12.2 Å². The minimum atomic E-state index is 0. The van der Waals surface area contributed by atoms with Gasteiger partial charge in [0.15, 0.2) is 5.17 Å². The number of rotatable bonds is 4. The van der Waals surface area contributed by atoms with Crippen LogP contribution in [0.1, 0.15) is 6.42 Å². The molecule has 0 aromatic rings. The van der Waals surface area contributed by atoms with E-state index in [9.17, 15) is 0 Å². The highest BCUT2D eigenvalue weighted by molar-refractivity contribution is 8.93. The third-order valence-corrected chi connectivity index (χ3v) is 1.47. The van der Waals surface area contributed by atoms with Crippen LogP contribution in [0.4, 0.5) is 0 Å². The van der Waals surface area contributed by atoms with Crippen LogP contribution in [0.2, 0.25) is 0 Å². The first-order chi connectivity index (χ1) is 4.27. The van der Waals surface area contributed by atoms with Crippen LogP contribution in [0.5, 0.6) is 0 Å². The van der Waals surface area contributed by atoms with E-state index in [0.29, 0.717) is 6.61 Å². The maximum Gasteiger partial charge on any atom is 0.151 e. The van der Waals surface area contributed by atoms with E-state index in [4.69, 9.17) is 17.0 Å². The quantitative estimate of drug-likeness (QED) is 0.313. The fraction of sp³-hybridized carbons (Fsp3) is 0.750. The lowest BCUT2D eigenvalue weighted by Gasteiger charge is -1.96. The number of halogens is 2. The molecule has 0 radical (unpaired) electrons. The number of nitrogens with two attached hydrogens (primary N) is 2. The zero-order valence-electron chi connectivity index (χ0n) is 5.91. The SMILES string of the molecule is Br.Br.N=C(N)SCCCON. The van der Waals surface area contributed by atoms with Gasteiger partial charge in [-0.15, -0.1) is 34.0 Å². The van der Waals surface area contributed by atoms with E-state index in [-0.39, 0.29) is 39.1 Å². The van der Waals surface area contributed by atoms with Gasteiger partial charge in [-0.2, -0.15) is 0 Å². The Morgan fingerprint density at radius 2 is 2.00 bits per heavy atom. The van der Waals surface area contributed by atoms with Crippen molar-refractivity contribution in [3.63, 3.8) is 0 Å². The van der Waals surface area contributed by atoms with Crippen molar-refractivity contribution in [2.45, 2.75) is 6.42 Å². The summed E-state index contributed by atoms with van der Waals surface area (Å²) in [7, 11) is 0. The van der Waals surface area contributed by atoms with Crippen molar-refractivity contribution in [3.05, 3.63) is 0 Å². The number of thioether (sulfide) groups is 1. The average molecular weight is 311 g/mol. The highest BCUT2D eigenvalue weighted by atomic mass is 79.9. The van der Waals surface area contributed by atoms with Crippen LogP contribution in [-0.2, 0) is 4.84 Å². The third kappa shape index (κ3) is 18.0. The van der Waals surface area contributed by atoms with Crippen LogP contribution < -0.4 is 11.6 Å². The second-order valence-corrected chi connectivity index (χ2v) is 2.57. The Bertz CT molecular complexity index is 95.4. The van der Waals surface area contributed by atoms with Gasteiger partial charge in [0, 0.05) is 5.75 Å². The van der Waals surface area contributed by atoms with Crippen molar-refractivity contribution in [2.24, 2.45) is 11.6 Å². The van der Waals surface area contributed by atoms with Crippen LogP contribution in [0.15, 0.2) is 0 Å². The van der Waals surface area contributed by atoms with Crippen molar-refractivity contribution >= 4 is 50.9 Å². The van der Waals surface area contributed by atoms with Crippen molar-refractivity contribution in [3.8, 4) is 0 Å². The molecule has 0 aliphatic heterocycles. The number of nitrogens with one attached hydrogen (secondary N) is 1. The Morgan fingerprint density at radius 3 is 2.36 bits per heavy atom. The molecule has 0 fully saturated rings. The zero-order valence-corrected chi connectivity index (χ0v) is 10.2. The first-order valence-electron chi connectivity index (χ1n) is 2.56. The molecule has 0 atom stereocenters. The van der Waals surface area contributed by atoms with Crippen molar-refractivity contribution in [1.82, 2.24) is 0 Å². The molecule has 11 heavy (non-hydrogen) atoms. The highest BCUT2D eigenvalue weighted by Gasteiger charge is 1.89. The Kier molecular flexibility index (Phi) is 21.4. The number of hydrogen-bond donors (Lipinski definition) is 3. The minimum Gasteiger partial charge on any atom is -0.379 e. The van der Waals surface area contributed by atoms with Crippen LogP contribution in [0.3, 0.4) is 0 Å². The molecule has 7 heteroatoms. The maximum atomic E-state index is 6.80. The van der Waals surface area contributed by atoms with Gasteiger partial charge < -0.3 is 10.6 Å². The Morgan fingerprint density at radius 1 is 1.45 bits per heavy atom. The monoisotopic (exact) mass is 309 g/mol. The second kappa shape index (κ2) is 13.3. The van der Waals surface area contributed by atoms with Crippen molar-refractivity contribution < 1.29 is 4.84 Å². The fourth-order valence-electron chi connectivity index (χ4n) is 0.324. The summed E-state index contributed by atoms with van der Waals surface area (Å²) in [5, 5.41) is 6.94. The van der Waals surface area contributed by atoms with Crippen molar-refractivity contribution in [1.29, 1.82) is 5.41 Å². The molecule has 0 aliphatic rings. The summed E-state index contributed by atoms with van der Waals surface area (Å²) < 4.78 is 0. The summed E-state index contributed by atoms with van der Waals surface area (Å²) >= 11 is 1.30. The van der Waals surface area contributed by atoms with Crippen LogP contribution >= 0.6 is 45.7 Å². The molecule has 5 N–H and O–H groups in total. The van der Waals surface area contributed by atoms with Crippen LogP contribution in [-0.4, -0.2) is 17.5 Å². The third-order valence-electron chi connectivity index (χ3n) is 0.664. The minimum absolute atomic E-state index is 0. The second-order valence-electron chi connectivity index (χ2n) is 1.44. The molecule has 0 unspecified atom stereocenters. The molecule has 70 valence electrons. The molecular weight excluding hydrogens is 298 g/mol. The van der Waals surface area contributed by atoms with Gasteiger partial charge in [-0.05, 0) is 6.42 Å². The Hall–Kier alpha value is 0.700. The summed E-state index contributed by atoms with van der Waals surface area (Å²) in [4.78, 5) is 4.30. The van der Waals surface area contributed by atoms with Crippen LogP contribution in [0.25, 0.3) is 0 Å². The predicted molar refractivity (Wildman–Crippen MR) is 59.8 cm³/mol. The molecular formula is C4H13Br2N3OS. The molecule has 4 nitrogen and oxygen atoms in total. The summed E-state index contributed by atoms with van der Waals surface area (Å²) in [6.45, 7) is 0.528. The molecule has 0 amide bonds. The number of amidine groups is 1. The fourth-order valence-corrected chi connectivity index (χ4v) is 0.806. The van der Waals surface area contributed by atoms with E-state index in [2.05, 4.69) is 4.84 Å². The highest BCUT2D eigenvalue weighted by Crippen LogP contribution is 1.99. The van der Waals surface area contributed by atoms with Gasteiger partial charge in [0.2, 0.25) is 0 Å². The van der Waals surface area contributed by atoms with Gasteiger partial charge in [0.25, 0.3) is 0 Å². The lowest BCUT2D eigenvalue weighted by molar-refractivity contribution is 0.139. The lowest BCUT2D eigenvalue weighted by atomic mass is 10.5. The topological polar surface area (TPSA) is 85.1 Å². The smallest absolute Gasteiger partial charge is 0.151 e. The zero-order chi connectivity index (χ0) is 7.11. The predicted octanol–water partition coefficient (Wildman–Crippen LogP) is 1.05. The Labute approximate surface area is 91.4 Å². The molecule has 0 saturated carbocycles. The van der Waals surface area contributed by atoms with E-state index in [1.165, 1.54) is 11.8 Å². The van der Waals surface area contributed by atoms with Gasteiger partial charge in [0.05, 0.1) is 6.61 Å². The summed E-state index contributed by atoms with van der Waals surface area (Å²) in [5.41, 5.74) is 5.05. The lowest BCUT2D eigenvalue weighted by Crippen LogP contribution is -2.07. The van der Waals surface area contributed by atoms with Crippen molar-refractivity contribution in [2.75, 3.05) is 12.4 Å². The maximum absolute atomic E-state index is 6.80. The largest absolute Gasteiger partial charge is 0.379 e. The first-order valence-corrected chi connectivity index (χ1v) is 3.54. The van der Waals surface area contributed by atoms with E-state index in [1.54, 1.807) is 0 Å². The van der Waals surface area contributed by atoms with Gasteiger partial charge in [-0.1, -0.05) is 11.8 Å². The van der Waals surface area contributed by atoms with E-state index in [1.807, 2.05) is 0 Å². The van der Waals surface area contributed by atoms with Gasteiger partial charge in [0.1, 0.15) is 0 Å². The molecule has 0 bridgehead atoms. The number of hydrogen-bond acceptors (Lipinski definition) is 4. The molecule has 0 rings (SSSR count). The average Bonchev–Trinajstić information content (AvgIpc) is 1.80. The van der Waals surface area contributed by atoms with Crippen LogP contribution in [0, 0.1) is 5.41 Å². The first kappa shape index (κ1) is 17.7. The van der Waals surface area contributed by atoms with E-state index >= 15 is 0 Å². The molecule has 0 aromatic carbocycles. The summed E-state index contributed by atoms with van der Waals surface area (Å²) in [6, 6.07) is 0. The Balaban J connectivity index is -0.000000320. The van der Waals surface area contributed by atoms with Gasteiger partial charge in [-0.25, -0.2) is 5.90 Å². The molecule has 0 saturated heterocycles. The molecule has 0 heterocycles.